The van der Waals surface area contributed by atoms with Crippen molar-refractivity contribution in [2.45, 2.75) is 38.1 Å². The van der Waals surface area contributed by atoms with E-state index in [4.69, 9.17) is 10.00 Å². The molecular formula is C17H18F3N3O3. The second-order valence-electron chi connectivity index (χ2n) is 5.92. The minimum atomic E-state index is -4.51. The van der Waals surface area contributed by atoms with Gasteiger partial charge in [-0.15, -0.1) is 0 Å². The van der Waals surface area contributed by atoms with Gasteiger partial charge >= 0.3 is 6.18 Å². The Labute approximate surface area is 148 Å². The maximum Gasteiger partial charge on any atom is 0.405 e. The number of likely N-dealkylation sites (tertiary alicyclic amines) is 1. The first-order chi connectivity index (χ1) is 12.2. The minimum Gasteiger partial charge on any atom is -0.481 e. The lowest BCUT2D eigenvalue weighted by Crippen LogP contribution is -2.50. The van der Waals surface area contributed by atoms with Crippen LogP contribution in [-0.2, 0) is 9.59 Å². The summed E-state index contributed by atoms with van der Waals surface area (Å²) in [6.07, 6.45) is -4.64. The molecule has 1 aromatic carbocycles. The average Bonchev–Trinajstić information content (AvgIpc) is 3.08. The quantitative estimate of drug-likeness (QED) is 0.861. The van der Waals surface area contributed by atoms with Crippen LogP contribution in [0.5, 0.6) is 5.75 Å². The summed E-state index contributed by atoms with van der Waals surface area (Å²) in [4.78, 5) is 25.8. The molecule has 1 fully saturated rings. The molecule has 1 aliphatic heterocycles. The van der Waals surface area contributed by atoms with Crippen molar-refractivity contribution >= 4 is 11.8 Å². The molecule has 0 radical (unpaired) electrons. The Morgan fingerprint density at radius 3 is 2.85 bits per heavy atom. The molecule has 1 aliphatic rings. The highest BCUT2D eigenvalue weighted by molar-refractivity contribution is 5.90. The first kappa shape index (κ1) is 19.6. The molecule has 1 N–H and O–H groups in total. The van der Waals surface area contributed by atoms with Gasteiger partial charge in [0.25, 0.3) is 5.91 Å². The Kier molecular flexibility index (Phi) is 6.08. The summed E-state index contributed by atoms with van der Waals surface area (Å²) >= 11 is 0. The fourth-order valence-electron chi connectivity index (χ4n) is 2.74. The molecule has 26 heavy (non-hydrogen) atoms. The molecule has 0 spiro atoms. The van der Waals surface area contributed by atoms with Crippen LogP contribution in [0.4, 0.5) is 13.2 Å². The van der Waals surface area contributed by atoms with Crippen LogP contribution < -0.4 is 10.1 Å². The molecule has 6 nitrogen and oxygen atoms in total. The van der Waals surface area contributed by atoms with Crippen molar-refractivity contribution < 1.29 is 27.5 Å². The van der Waals surface area contributed by atoms with Crippen LogP contribution in [-0.4, -0.2) is 48.1 Å². The highest BCUT2D eigenvalue weighted by atomic mass is 19.4. The van der Waals surface area contributed by atoms with Crippen molar-refractivity contribution in [2.24, 2.45) is 0 Å². The first-order valence-corrected chi connectivity index (χ1v) is 8.03. The summed E-state index contributed by atoms with van der Waals surface area (Å²) in [6, 6.07) is 7.26. The van der Waals surface area contributed by atoms with Gasteiger partial charge in [0, 0.05) is 6.54 Å². The number of carbonyl (C=O) groups excluding carboxylic acids is 2. The van der Waals surface area contributed by atoms with E-state index in [1.54, 1.807) is 18.2 Å². The summed E-state index contributed by atoms with van der Waals surface area (Å²) in [7, 11) is 0. The van der Waals surface area contributed by atoms with Crippen molar-refractivity contribution in [3.63, 3.8) is 0 Å². The van der Waals surface area contributed by atoms with Gasteiger partial charge in [-0.1, -0.05) is 6.07 Å². The van der Waals surface area contributed by atoms with Crippen LogP contribution in [0.2, 0.25) is 0 Å². The molecule has 1 heterocycles. The third kappa shape index (κ3) is 5.12. The monoisotopic (exact) mass is 369 g/mol. The van der Waals surface area contributed by atoms with Crippen molar-refractivity contribution in [1.29, 1.82) is 5.26 Å². The molecule has 1 aromatic rings. The van der Waals surface area contributed by atoms with E-state index in [0.717, 1.165) is 0 Å². The summed E-state index contributed by atoms with van der Waals surface area (Å²) in [6.45, 7) is 0.330. The van der Waals surface area contributed by atoms with Gasteiger partial charge in [0.15, 0.2) is 6.10 Å². The van der Waals surface area contributed by atoms with Crippen LogP contribution in [0.3, 0.4) is 0 Å². The predicted octanol–water partition coefficient (Wildman–Crippen LogP) is 2.00. The Morgan fingerprint density at radius 2 is 2.19 bits per heavy atom. The molecule has 2 rings (SSSR count). The molecule has 0 bridgehead atoms. The Morgan fingerprint density at radius 1 is 1.46 bits per heavy atom. The lowest BCUT2D eigenvalue weighted by atomic mass is 10.2. The third-order valence-corrected chi connectivity index (χ3v) is 3.93. The number of nitrogens with zero attached hydrogens (tertiary/aromatic N) is 2. The number of hydrogen-bond donors (Lipinski definition) is 1. The number of amides is 2. The molecule has 2 unspecified atom stereocenters. The van der Waals surface area contributed by atoms with Gasteiger partial charge < -0.3 is 15.0 Å². The Hall–Kier alpha value is -2.76. The smallest absolute Gasteiger partial charge is 0.405 e. The van der Waals surface area contributed by atoms with E-state index in [-0.39, 0.29) is 6.54 Å². The summed E-state index contributed by atoms with van der Waals surface area (Å²) < 4.78 is 42.3. The summed E-state index contributed by atoms with van der Waals surface area (Å²) in [5.41, 5.74) is 0.368. The van der Waals surface area contributed by atoms with Crippen molar-refractivity contribution in [3.8, 4) is 11.8 Å². The average molecular weight is 369 g/mol. The standard InChI is InChI=1S/C17H18F3N3O3/c1-11(26-13-5-2-4-12(8-13)9-21)16(25)23-7-3-6-14(23)15(24)22-10-17(18,19)20/h2,4-5,8,11,14H,3,6-7,10H2,1H3,(H,22,24). The molecule has 0 saturated carbocycles. The number of carbonyl (C=O) groups is 2. The van der Waals surface area contributed by atoms with Crippen LogP contribution in [0, 0.1) is 11.3 Å². The van der Waals surface area contributed by atoms with Gasteiger partial charge in [-0.25, -0.2) is 0 Å². The minimum absolute atomic E-state index is 0.273. The lowest BCUT2D eigenvalue weighted by Gasteiger charge is -2.27. The van der Waals surface area contributed by atoms with Crippen molar-refractivity contribution in [2.75, 3.05) is 13.1 Å². The number of rotatable bonds is 5. The van der Waals surface area contributed by atoms with Gasteiger partial charge in [-0.05, 0) is 38.0 Å². The number of hydrogen-bond acceptors (Lipinski definition) is 4. The first-order valence-electron chi connectivity index (χ1n) is 8.03. The van der Waals surface area contributed by atoms with Gasteiger partial charge in [-0.3, -0.25) is 9.59 Å². The zero-order chi connectivity index (χ0) is 19.3. The van der Waals surface area contributed by atoms with E-state index in [1.807, 2.05) is 11.4 Å². The Bertz CT molecular complexity index is 715. The van der Waals surface area contributed by atoms with Gasteiger partial charge in [0.05, 0.1) is 11.6 Å². The van der Waals surface area contributed by atoms with Crippen molar-refractivity contribution in [3.05, 3.63) is 29.8 Å². The number of halogens is 3. The number of benzene rings is 1. The molecule has 1 saturated heterocycles. The van der Waals surface area contributed by atoms with Crippen molar-refractivity contribution in [1.82, 2.24) is 10.2 Å². The SMILES string of the molecule is CC(Oc1cccc(C#N)c1)C(=O)N1CCCC1C(=O)NCC(F)(F)F. The van der Waals surface area contributed by atoms with E-state index < -0.39 is 36.7 Å². The second kappa shape index (κ2) is 8.08. The second-order valence-corrected chi connectivity index (χ2v) is 5.92. The number of ether oxygens (including phenoxy) is 1. The van der Waals surface area contributed by atoms with Gasteiger partial charge in [0.1, 0.15) is 18.3 Å². The zero-order valence-corrected chi connectivity index (χ0v) is 14.0. The summed E-state index contributed by atoms with van der Waals surface area (Å²) in [5, 5.41) is 10.7. The Balaban J connectivity index is 2.00. The van der Waals surface area contributed by atoms with Gasteiger partial charge in [0.2, 0.25) is 5.91 Å². The topological polar surface area (TPSA) is 82.4 Å². The van der Waals surface area contributed by atoms with E-state index in [1.165, 1.54) is 17.9 Å². The van der Waals surface area contributed by atoms with E-state index in [9.17, 15) is 22.8 Å². The normalized spacial score (nSPS) is 18.1. The van der Waals surface area contributed by atoms with Crippen LogP contribution in [0.1, 0.15) is 25.3 Å². The maximum absolute atomic E-state index is 12.6. The summed E-state index contributed by atoms with van der Waals surface area (Å²) in [5.74, 6) is -0.994. The van der Waals surface area contributed by atoms with E-state index in [2.05, 4.69) is 0 Å². The van der Waals surface area contributed by atoms with Gasteiger partial charge in [-0.2, -0.15) is 18.4 Å². The fraction of sp³-hybridized carbons (Fsp3) is 0.471. The highest BCUT2D eigenvalue weighted by Crippen LogP contribution is 2.21. The third-order valence-electron chi connectivity index (χ3n) is 3.93. The number of nitriles is 1. The fourth-order valence-corrected chi connectivity index (χ4v) is 2.74. The van der Waals surface area contributed by atoms with Crippen LogP contribution in [0.25, 0.3) is 0 Å². The molecule has 9 heteroatoms. The number of alkyl halides is 3. The molecule has 0 aromatic heterocycles. The van der Waals surface area contributed by atoms with E-state index in [0.29, 0.717) is 24.2 Å². The molecular weight excluding hydrogens is 351 g/mol. The zero-order valence-electron chi connectivity index (χ0n) is 14.0. The lowest BCUT2D eigenvalue weighted by molar-refractivity contribution is -0.147. The number of nitrogens with one attached hydrogen (secondary N) is 1. The highest BCUT2D eigenvalue weighted by Gasteiger charge is 2.38. The van der Waals surface area contributed by atoms with E-state index >= 15 is 0 Å². The molecule has 2 atom stereocenters. The van der Waals surface area contributed by atoms with Crippen LogP contribution >= 0.6 is 0 Å². The van der Waals surface area contributed by atoms with Crippen LogP contribution in [0.15, 0.2) is 24.3 Å². The molecule has 140 valence electrons. The molecule has 0 aliphatic carbocycles. The maximum atomic E-state index is 12.6. The largest absolute Gasteiger partial charge is 0.481 e. The predicted molar refractivity (Wildman–Crippen MR) is 85.0 cm³/mol. The molecule has 2 amide bonds.